The number of rotatable bonds is 9. The van der Waals surface area contributed by atoms with Crippen molar-refractivity contribution in [3.8, 4) is 0 Å². The Morgan fingerprint density at radius 2 is 1.90 bits per heavy atom. The van der Waals surface area contributed by atoms with Crippen molar-refractivity contribution in [3.05, 3.63) is 0 Å². The van der Waals surface area contributed by atoms with Crippen molar-refractivity contribution < 1.29 is 4.79 Å². The molecule has 0 aliphatic heterocycles. The summed E-state index contributed by atoms with van der Waals surface area (Å²) in [6.07, 6.45) is 8.19. The van der Waals surface area contributed by atoms with Gasteiger partial charge in [0.2, 0.25) is 0 Å². The third-order valence-corrected chi connectivity index (χ3v) is 5.17. The molecule has 2 atom stereocenters. The molecule has 0 radical (unpaired) electrons. The first-order valence-corrected chi connectivity index (χ1v) is 8.89. The van der Waals surface area contributed by atoms with Gasteiger partial charge in [0.25, 0.3) is 0 Å². The Morgan fingerprint density at radius 1 is 1.20 bits per heavy atom. The number of Topliss-reactive ketones (excluding diaryl/α,β-unsaturated/α-hetero) is 1. The van der Waals surface area contributed by atoms with E-state index in [1.807, 2.05) is 0 Å². The number of hydrogen-bond donors (Lipinski definition) is 0. The smallest absolute Gasteiger partial charge is 0.137 e. The van der Waals surface area contributed by atoms with Crippen LogP contribution in [0.5, 0.6) is 0 Å². The van der Waals surface area contributed by atoms with Gasteiger partial charge in [0.15, 0.2) is 0 Å². The zero-order valence-corrected chi connectivity index (χ0v) is 14.2. The summed E-state index contributed by atoms with van der Waals surface area (Å²) in [4.78, 5) is 14.7. The van der Waals surface area contributed by atoms with Crippen LogP contribution in [-0.2, 0) is 4.79 Å². The lowest BCUT2D eigenvalue weighted by Crippen LogP contribution is -2.38. The molecule has 1 aliphatic carbocycles. The summed E-state index contributed by atoms with van der Waals surface area (Å²) in [5, 5.41) is 0. The van der Waals surface area contributed by atoms with Crippen LogP contribution in [0.1, 0.15) is 72.6 Å². The van der Waals surface area contributed by atoms with Gasteiger partial charge in [-0.25, -0.2) is 0 Å². The van der Waals surface area contributed by atoms with E-state index in [2.05, 4.69) is 32.6 Å². The van der Waals surface area contributed by atoms with Crippen LogP contribution in [0.25, 0.3) is 0 Å². The van der Waals surface area contributed by atoms with Crippen LogP contribution in [0.2, 0.25) is 0 Å². The maximum Gasteiger partial charge on any atom is 0.137 e. The Morgan fingerprint density at radius 3 is 2.45 bits per heavy atom. The summed E-state index contributed by atoms with van der Waals surface area (Å²) in [5.41, 5.74) is 0. The minimum absolute atomic E-state index is 0.314. The average Bonchev–Trinajstić information content (AvgIpc) is 2.46. The number of hydrogen-bond acceptors (Lipinski definition) is 2. The first kappa shape index (κ1) is 17.7. The molecule has 1 saturated carbocycles. The number of carbonyl (C=O) groups is 1. The van der Waals surface area contributed by atoms with Gasteiger partial charge in [-0.2, -0.15) is 0 Å². The van der Waals surface area contributed by atoms with Crippen LogP contribution < -0.4 is 0 Å². The molecule has 0 aromatic rings. The summed E-state index contributed by atoms with van der Waals surface area (Å²) >= 11 is 0. The molecule has 2 heteroatoms. The van der Waals surface area contributed by atoms with Gasteiger partial charge >= 0.3 is 0 Å². The molecule has 0 bridgehead atoms. The number of nitrogens with zero attached hydrogens (tertiary/aromatic N) is 1. The molecule has 0 amide bonds. The monoisotopic (exact) mass is 281 g/mol. The van der Waals surface area contributed by atoms with Crippen LogP contribution in [0.15, 0.2) is 0 Å². The molecule has 0 heterocycles. The molecular formula is C18H35NO. The largest absolute Gasteiger partial charge is 0.303 e. The molecule has 0 aromatic carbocycles. The summed E-state index contributed by atoms with van der Waals surface area (Å²) < 4.78 is 0. The Bertz CT molecular complexity index is 273. The fourth-order valence-corrected chi connectivity index (χ4v) is 3.61. The Hall–Kier alpha value is -0.370. The van der Waals surface area contributed by atoms with Crippen LogP contribution in [-0.4, -0.2) is 30.3 Å². The summed E-state index contributed by atoms with van der Waals surface area (Å²) in [7, 11) is 0. The standard InChI is InChI=1S/C18H35NO/c1-5-9-16-10-11-18(20)17(12-16)14-19(8-4)13-15(6-2)7-3/h15-17H,5-14H2,1-4H3. The quantitative estimate of drug-likeness (QED) is 0.619. The van der Waals surface area contributed by atoms with E-state index >= 15 is 0 Å². The van der Waals surface area contributed by atoms with Crippen molar-refractivity contribution in [1.29, 1.82) is 0 Å². The number of ketones is 1. The predicted molar refractivity (Wildman–Crippen MR) is 86.9 cm³/mol. The van der Waals surface area contributed by atoms with Gasteiger partial charge in [-0.15, -0.1) is 0 Å². The topological polar surface area (TPSA) is 20.3 Å². The van der Waals surface area contributed by atoms with Gasteiger partial charge in [-0.05, 0) is 31.2 Å². The molecule has 1 fully saturated rings. The van der Waals surface area contributed by atoms with Gasteiger partial charge < -0.3 is 4.90 Å². The van der Waals surface area contributed by atoms with Crippen molar-refractivity contribution >= 4 is 5.78 Å². The van der Waals surface area contributed by atoms with Crippen molar-refractivity contribution in [2.45, 2.75) is 72.6 Å². The Kier molecular flexibility index (Phi) is 8.44. The second-order valence-corrected chi connectivity index (χ2v) is 6.63. The first-order valence-electron chi connectivity index (χ1n) is 8.89. The van der Waals surface area contributed by atoms with E-state index in [1.54, 1.807) is 0 Å². The predicted octanol–water partition coefficient (Wildman–Crippen LogP) is 4.53. The van der Waals surface area contributed by atoms with E-state index in [0.717, 1.165) is 44.2 Å². The number of carbonyl (C=O) groups excluding carboxylic acids is 1. The lowest BCUT2D eigenvalue weighted by atomic mass is 9.78. The molecule has 2 unspecified atom stereocenters. The summed E-state index contributed by atoms with van der Waals surface area (Å²) in [6.45, 7) is 12.3. The molecule has 2 nitrogen and oxygen atoms in total. The molecule has 20 heavy (non-hydrogen) atoms. The van der Waals surface area contributed by atoms with E-state index in [-0.39, 0.29) is 0 Å². The Labute approximate surface area is 126 Å². The van der Waals surface area contributed by atoms with E-state index < -0.39 is 0 Å². The molecule has 0 spiro atoms. The molecule has 1 rings (SSSR count). The van der Waals surface area contributed by atoms with Gasteiger partial charge in [-0.3, -0.25) is 4.79 Å². The van der Waals surface area contributed by atoms with Gasteiger partial charge in [0.05, 0.1) is 0 Å². The SMILES string of the molecule is CCCC1CCC(=O)C(CN(CC)CC(CC)CC)C1. The normalized spacial score (nSPS) is 23.8. The third-order valence-electron chi connectivity index (χ3n) is 5.17. The minimum atomic E-state index is 0.314. The van der Waals surface area contributed by atoms with Crippen LogP contribution in [0, 0.1) is 17.8 Å². The van der Waals surface area contributed by atoms with Gasteiger partial charge in [0, 0.05) is 25.4 Å². The highest BCUT2D eigenvalue weighted by Gasteiger charge is 2.29. The highest BCUT2D eigenvalue weighted by Crippen LogP contribution is 2.30. The molecule has 0 aromatic heterocycles. The van der Waals surface area contributed by atoms with Crippen molar-refractivity contribution in [2.24, 2.45) is 17.8 Å². The lowest BCUT2D eigenvalue weighted by molar-refractivity contribution is -0.126. The van der Waals surface area contributed by atoms with Gasteiger partial charge in [0.1, 0.15) is 5.78 Å². The first-order chi connectivity index (χ1) is 9.64. The molecule has 0 N–H and O–H groups in total. The van der Waals surface area contributed by atoms with Crippen molar-refractivity contribution in [3.63, 3.8) is 0 Å². The fraction of sp³-hybridized carbons (Fsp3) is 0.944. The molecule has 0 saturated heterocycles. The zero-order chi connectivity index (χ0) is 15.0. The Balaban J connectivity index is 2.51. The molecule has 118 valence electrons. The highest BCUT2D eigenvalue weighted by atomic mass is 16.1. The molecular weight excluding hydrogens is 246 g/mol. The van der Waals surface area contributed by atoms with E-state index in [9.17, 15) is 4.79 Å². The highest BCUT2D eigenvalue weighted by molar-refractivity contribution is 5.81. The second kappa shape index (κ2) is 9.55. The summed E-state index contributed by atoms with van der Waals surface area (Å²) in [5.74, 6) is 2.43. The van der Waals surface area contributed by atoms with E-state index in [1.165, 1.54) is 32.2 Å². The zero-order valence-electron chi connectivity index (χ0n) is 14.2. The molecule has 1 aliphatic rings. The van der Waals surface area contributed by atoms with E-state index in [0.29, 0.717) is 11.7 Å². The van der Waals surface area contributed by atoms with Gasteiger partial charge in [-0.1, -0.05) is 53.4 Å². The van der Waals surface area contributed by atoms with Crippen LogP contribution in [0.4, 0.5) is 0 Å². The fourth-order valence-electron chi connectivity index (χ4n) is 3.61. The average molecular weight is 281 g/mol. The minimum Gasteiger partial charge on any atom is -0.303 e. The second-order valence-electron chi connectivity index (χ2n) is 6.63. The maximum absolute atomic E-state index is 12.2. The van der Waals surface area contributed by atoms with Crippen LogP contribution >= 0.6 is 0 Å². The van der Waals surface area contributed by atoms with Crippen molar-refractivity contribution in [1.82, 2.24) is 4.90 Å². The van der Waals surface area contributed by atoms with Crippen molar-refractivity contribution in [2.75, 3.05) is 19.6 Å². The maximum atomic E-state index is 12.2. The lowest BCUT2D eigenvalue weighted by Gasteiger charge is -2.33. The summed E-state index contributed by atoms with van der Waals surface area (Å²) in [6, 6.07) is 0. The van der Waals surface area contributed by atoms with Crippen LogP contribution in [0.3, 0.4) is 0 Å². The van der Waals surface area contributed by atoms with E-state index in [4.69, 9.17) is 0 Å². The third kappa shape index (κ3) is 5.55.